The lowest BCUT2D eigenvalue weighted by Gasteiger charge is -2.20. The summed E-state index contributed by atoms with van der Waals surface area (Å²) in [6.45, 7) is 7.38. The normalized spacial score (nSPS) is 13.2. The Morgan fingerprint density at radius 2 is 2.21 bits per heavy atom. The van der Waals surface area contributed by atoms with E-state index in [9.17, 15) is 13.2 Å². The molecule has 1 aromatic heterocycles. The zero-order valence-corrected chi connectivity index (χ0v) is 12.6. The van der Waals surface area contributed by atoms with Crippen molar-refractivity contribution in [3.63, 3.8) is 0 Å². The van der Waals surface area contributed by atoms with Crippen LogP contribution in [-0.2, 0) is 14.8 Å². The molecule has 0 radical (unpaired) electrons. The number of carbonyl (C=O) groups is 1. The van der Waals surface area contributed by atoms with Gasteiger partial charge in [0.2, 0.25) is 5.91 Å². The predicted octanol–water partition coefficient (Wildman–Crippen LogP) is 1.35. The third kappa shape index (κ3) is 4.45. The molecular formula is C12H18N2O3S2. The molecule has 0 aliphatic rings. The van der Waals surface area contributed by atoms with E-state index in [1.807, 2.05) is 0 Å². The summed E-state index contributed by atoms with van der Waals surface area (Å²) in [5.74, 6) is -0.505. The smallest absolute Gasteiger partial charge is 0.250 e. The number of sulfonamides is 1. The van der Waals surface area contributed by atoms with Crippen molar-refractivity contribution in [3.8, 4) is 0 Å². The summed E-state index contributed by atoms with van der Waals surface area (Å²) >= 11 is 1.11. The van der Waals surface area contributed by atoms with Gasteiger partial charge in [-0.15, -0.1) is 17.9 Å². The van der Waals surface area contributed by atoms with Crippen LogP contribution in [0.25, 0.3) is 0 Å². The molecule has 106 valence electrons. The number of hydrogen-bond acceptors (Lipinski definition) is 4. The summed E-state index contributed by atoms with van der Waals surface area (Å²) in [5.41, 5.74) is 0. The molecule has 0 saturated heterocycles. The van der Waals surface area contributed by atoms with E-state index in [1.165, 1.54) is 6.07 Å². The second-order valence-corrected chi connectivity index (χ2v) is 7.20. The lowest BCUT2D eigenvalue weighted by atomic mass is 10.1. The summed E-state index contributed by atoms with van der Waals surface area (Å²) in [6.07, 6.45) is 1.54. The fraction of sp³-hybridized carbons (Fsp3) is 0.417. The first kappa shape index (κ1) is 15.9. The number of carbonyl (C=O) groups excluding carboxylic acids is 1. The third-order valence-corrected chi connectivity index (χ3v) is 5.25. The van der Waals surface area contributed by atoms with Gasteiger partial charge in [0.25, 0.3) is 10.0 Å². The molecule has 1 amide bonds. The topological polar surface area (TPSA) is 75.3 Å². The first-order chi connectivity index (χ1) is 8.88. The van der Waals surface area contributed by atoms with E-state index in [0.717, 1.165) is 11.3 Å². The van der Waals surface area contributed by atoms with Crippen molar-refractivity contribution >= 4 is 27.3 Å². The standard InChI is InChI=1S/C12H18N2O3S2/c1-4-7-13-12(15)11(9(2)3)14-19(16,17)10-6-5-8-18-10/h4-6,8-9,11,14H,1,7H2,2-3H3,(H,13,15). The van der Waals surface area contributed by atoms with Gasteiger partial charge in [0.05, 0.1) is 0 Å². The molecule has 0 aliphatic carbocycles. The number of nitrogens with one attached hydrogen (secondary N) is 2. The van der Waals surface area contributed by atoms with E-state index in [2.05, 4.69) is 16.6 Å². The van der Waals surface area contributed by atoms with Crippen LogP contribution < -0.4 is 10.0 Å². The van der Waals surface area contributed by atoms with Gasteiger partial charge in [-0.05, 0) is 17.4 Å². The molecular weight excluding hydrogens is 284 g/mol. The van der Waals surface area contributed by atoms with Crippen molar-refractivity contribution in [1.82, 2.24) is 10.0 Å². The summed E-state index contributed by atoms with van der Waals surface area (Å²) in [5, 5.41) is 4.28. The van der Waals surface area contributed by atoms with E-state index in [-0.39, 0.29) is 16.0 Å². The Hall–Kier alpha value is -1.18. The molecule has 0 aromatic carbocycles. The molecule has 0 aliphatic heterocycles. The first-order valence-corrected chi connectivity index (χ1v) is 8.19. The van der Waals surface area contributed by atoms with Gasteiger partial charge in [0.15, 0.2) is 0 Å². The largest absolute Gasteiger partial charge is 0.351 e. The second-order valence-electron chi connectivity index (χ2n) is 4.31. The SMILES string of the molecule is C=CCNC(=O)C(NS(=O)(=O)c1cccs1)C(C)C. The van der Waals surface area contributed by atoms with Crippen molar-refractivity contribution in [2.24, 2.45) is 5.92 Å². The number of rotatable bonds is 7. The lowest BCUT2D eigenvalue weighted by molar-refractivity contribution is -0.123. The van der Waals surface area contributed by atoms with E-state index in [0.29, 0.717) is 6.54 Å². The van der Waals surface area contributed by atoms with Crippen LogP contribution in [0, 0.1) is 5.92 Å². The Morgan fingerprint density at radius 1 is 1.53 bits per heavy atom. The minimum absolute atomic E-state index is 0.153. The van der Waals surface area contributed by atoms with Gasteiger partial charge < -0.3 is 5.32 Å². The van der Waals surface area contributed by atoms with Gasteiger partial charge in [-0.1, -0.05) is 26.0 Å². The minimum atomic E-state index is -3.65. The first-order valence-electron chi connectivity index (χ1n) is 5.83. The Morgan fingerprint density at radius 3 is 2.68 bits per heavy atom. The van der Waals surface area contributed by atoms with E-state index >= 15 is 0 Å². The van der Waals surface area contributed by atoms with Gasteiger partial charge in [0, 0.05) is 6.54 Å². The highest BCUT2D eigenvalue weighted by atomic mass is 32.2. The number of thiophene rings is 1. The molecule has 7 heteroatoms. The molecule has 0 saturated carbocycles. The Bertz CT molecular complexity index is 521. The third-order valence-electron chi connectivity index (χ3n) is 2.41. The van der Waals surface area contributed by atoms with Gasteiger partial charge >= 0.3 is 0 Å². The van der Waals surface area contributed by atoms with Crippen molar-refractivity contribution in [2.75, 3.05) is 6.54 Å². The monoisotopic (exact) mass is 302 g/mol. The zero-order chi connectivity index (χ0) is 14.5. The van der Waals surface area contributed by atoms with Crippen LogP contribution in [0.15, 0.2) is 34.4 Å². The molecule has 1 heterocycles. The molecule has 1 rings (SSSR count). The average Bonchev–Trinajstić information content (AvgIpc) is 2.87. The maximum Gasteiger partial charge on any atom is 0.250 e. The van der Waals surface area contributed by atoms with Crippen molar-refractivity contribution < 1.29 is 13.2 Å². The molecule has 1 atom stereocenters. The highest BCUT2D eigenvalue weighted by Crippen LogP contribution is 2.17. The Kier molecular flexibility index (Phi) is 5.71. The molecule has 0 bridgehead atoms. The minimum Gasteiger partial charge on any atom is -0.351 e. The summed E-state index contributed by atoms with van der Waals surface area (Å²) in [4.78, 5) is 11.9. The maximum atomic E-state index is 12.1. The van der Waals surface area contributed by atoms with Crippen molar-refractivity contribution in [3.05, 3.63) is 30.2 Å². The van der Waals surface area contributed by atoms with Crippen LogP contribution in [0.1, 0.15) is 13.8 Å². The van der Waals surface area contributed by atoms with Gasteiger partial charge in [0.1, 0.15) is 10.3 Å². The molecule has 0 fully saturated rings. The quantitative estimate of drug-likeness (QED) is 0.747. The molecule has 1 unspecified atom stereocenters. The van der Waals surface area contributed by atoms with Crippen LogP contribution in [0.2, 0.25) is 0 Å². The van der Waals surface area contributed by atoms with Gasteiger partial charge in [-0.25, -0.2) is 8.42 Å². The fourth-order valence-electron chi connectivity index (χ4n) is 1.42. The number of hydrogen-bond donors (Lipinski definition) is 2. The van der Waals surface area contributed by atoms with Crippen LogP contribution in [-0.4, -0.2) is 26.9 Å². The summed E-state index contributed by atoms with van der Waals surface area (Å²) in [6, 6.07) is 2.36. The molecule has 0 spiro atoms. The van der Waals surface area contributed by atoms with Crippen molar-refractivity contribution in [2.45, 2.75) is 24.1 Å². The highest BCUT2D eigenvalue weighted by molar-refractivity contribution is 7.91. The van der Waals surface area contributed by atoms with Crippen LogP contribution >= 0.6 is 11.3 Å². The highest BCUT2D eigenvalue weighted by Gasteiger charge is 2.28. The number of amides is 1. The maximum absolute atomic E-state index is 12.1. The Labute approximate surface area is 117 Å². The fourth-order valence-corrected chi connectivity index (χ4v) is 3.77. The lowest BCUT2D eigenvalue weighted by Crippen LogP contribution is -2.49. The molecule has 19 heavy (non-hydrogen) atoms. The zero-order valence-electron chi connectivity index (χ0n) is 10.9. The molecule has 2 N–H and O–H groups in total. The van der Waals surface area contributed by atoms with Crippen LogP contribution in [0.5, 0.6) is 0 Å². The van der Waals surface area contributed by atoms with E-state index in [1.54, 1.807) is 31.4 Å². The van der Waals surface area contributed by atoms with Crippen LogP contribution in [0.4, 0.5) is 0 Å². The average molecular weight is 302 g/mol. The van der Waals surface area contributed by atoms with E-state index in [4.69, 9.17) is 0 Å². The van der Waals surface area contributed by atoms with Crippen molar-refractivity contribution in [1.29, 1.82) is 0 Å². The summed E-state index contributed by atoms with van der Waals surface area (Å²) in [7, 11) is -3.65. The predicted molar refractivity (Wildman–Crippen MR) is 76.5 cm³/mol. The van der Waals surface area contributed by atoms with Gasteiger partial charge in [-0.3, -0.25) is 4.79 Å². The second kappa shape index (κ2) is 6.83. The molecule has 1 aromatic rings. The van der Waals surface area contributed by atoms with Crippen LogP contribution in [0.3, 0.4) is 0 Å². The van der Waals surface area contributed by atoms with Gasteiger partial charge in [-0.2, -0.15) is 4.72 Å². The summed E-state index contributed by atoms with van der Waals surface area (Å²) < 4.78 is 26.8. The Balaban J connectivity index is 2.85. The van der Waals surface area contributed by atoms with E-state index < -0.39 is 16.1 Å². The molecule has 5 nitrogen and oxygen atoms in total.